The summed E-state index contributed by atoms with van der Waals surface area (Å²) in [4.78, 5) is 11.5. The Kier molecular flexibility index (Phi) is 4.02. The molecular formula is C20H19NO2. The molecule has 0 spiro atoms. The number of nitrogens with zero attached hydrogens (tertiary/aromatic N) is 1. The summed E-state index contributed by atoms with van der Waals surface area (Å²) in [7, 11) is 0. The van der Waals surface area contributed by atoms with Crippen LogP contribution in [0.4, 0.5) is 0 Å². The Morgan fingerprint density at radius 3 is 2.26 bits per heavy atom. The van der Waals surface area contributed by atoms with Gasteiger partial charge in [-0.05, 0) is 42.7 Å². The molecule has 3 rings (SSSR count). The number of benzene rings is 2. The van der Waals surface area contributed by atoms with E-state index >= 15 is 0 Å². The first-order chi connectivity index (χ1) is 11.1. The zero-order chi connectivity index (χ0) is 16.4. The van der Waals surface area contributed by atoms with Crippen molar-refractivity contribution in [1.29, 1.82) is 0 Å². The SMILES string of the molecule is CCc1ccc(-c2cc(C(=O)O)c(C)n2-c2ccccc2)cc1. The van der Waals surface area contributed by atoms with E-state index in [4.69, 9.17) is 0 Å². The summed E-state index contributed by atoms with van der Waals surface area (Å²) in [6, 6.07) is 19.9. The van der Waals surface area contributed by atoms with Crippen LogP contribution in [0.25, 0.3) is 16.9 Å². The Balaban J connectivity index is 2.22. The molecule has 2 aromatic carbocycles. The standard InChI is InChI=1S/C20H19NO2/c1-3-15-9-11-16(12-10-15)19-13-18(20(22)23)14(2)21(19)17-7-5-4-6-8-17/h4-13H,3H2,1-2H3,(H,22,23). The highest BCUT2D eigenvalue weighted by molar-refractivity contribution is 5.91. The number of para-hydroxylation sites is 1. The first-order valence-corrected chi connectivity index (χ1v) is 7.72. The van der Waals surface area contributed by atoms with E-state index in [1.165, 1.54) is 5.56 Å². The van der Waals surface area contributed by atoms with Crippen molar-refractivity contribution in [2.45, 2.75) is 20.3 Å². The minimum Gasteiger partial charge on any atom is -0.478 e. The number of rotatable bonds is 4. The summed E-state index contributed by atoms with van der Waals surface area (Å²) in [5.41, 5.74) is 5.21. The van der Waals surface area contributed by atoms with E-state index in [-0.39, 0.29) is 0 Å². The molecule has 0 aliphatic rings. The largest absolute Gasteiger partial charge is 0.478 e. The molecular weight excluding hydrogens is 286 g/mol. The molecule has 0 radical (unpaired) electrons. The number of carbonyl (C=O) groups is 1. The lowest BCUT2D eigenvalue weighted by atomic mass is 10.1. The first kappa shape index (κ1) is 15.1. The van der Waals surface area contributed by atoms with Gasteiger partial charge in [0.25, 0.3) is 0 Å². The maximum absolute atomic E-state index is 11.5. The lowest BCUT2D eigenvalue weighted by Gasteiger charge is -2.12. The van der Waals surface area contributed by atoms with Crippen molar-refractivity contribution < 1.29 is 9.90 Å². The second-order valence-electron chi connectivity index (χ2n) is 5.56. The number of aryl methyl sites for hydroxylation is 1. The fraction of sp³-hybridized carbons (Fsp3) is 0.150. The Labute approximate surface area is 135 Å². The molecule has 0 aliphatic carbocycles. The Bertz CT molecular complexity index is 830. The zero-order valence-electron chi connectivity index (χ0n) is 13.3. The van der Waals surface area contributed by atoms with Crippen molar-refractivity contribution in [1.82, 2.24) is 4.57 Å². The molecule has 0 bridgehead atoms. The molecule has 3 nitrogen and oxygen atoms in total. The highest BCUT2D eigenvalue weighted by Crippen LogP contribution is 2.29. The molecule has 1 N–H and O–H groups in total. The molecule has 3 aromatic rings. The number of hydrogen-bond donors (Lipinski definition) is 1. The molecule has 0 aliphatic heterocycles. The predicted octanol–water partition coefficient (Wildman–Crippen LogP) is 4.71. The van der Waals surface area contributed by atoms with E-state index in [0.717, 1.165) is 29.1 Å². The van der Waals surface area contributed by atoms with Crippen LogP contribution in [0.15, 0.2) is 60.7 Å². The lowest BCUT2D eigenvalue weighted by molar-refractivity contribution is 0.0696. The van der Waals surface area contributed by atoms with Gasteiger partial charge in [-0.25, -0.2) is 4.79 Å². The fourth-order valence-corrected chi connectivity index (χ4v) is 2.86. The third-order valence-corrected chi connectivity index (χ3v) is 4.15. The molecule has 0 atom stereocenters. The average molecular weight is 305 g/mol. The van der Waals surface area contributed by atoms with Crippen molar-refractivity contribution in [2.24, 2.45) is 0 Å². The molecule has 1 heterocycles. The summed E-state index contributed by atoms with van der Waals surface area (Å²) in [5, 5.41) is 9.47. The summed E-state index contributed by atoms with van der Waals surface area (Å²) >= 11 is 0. The Hall–Kier alpha value is -2.81. The first-order valence-electron chi connectivity index (χ1n) is 7.72. The van der Waals surface area contributed by atoms with Crippen LogP contribution in [-0.2, 0) is 6.42 Å². The maximum atomic E-state index is 11.5. The van der Waals surface area contributed by atoms with E-state index in [1.807, 2.05) is 41.8 Å². The summed E-state index contributed by atoms with van der Waals surface area (Å²) in [6.45, 7) is 3.97. The van der Waals surface area contributed by atoms with Gasteiger partial charge in [-0.3, -0.25) is 0 Å². The fourth-order valence-electron chi connectivity index (χ4n) is 2.86. The van der Waals surface area contributed by atoms with Crippen LogP contribution in [0.1, 0.15) is 28.5 Å². The number of hydrogen-bond acceptors (Lipinski definition) is 1. The van der Waals surface area contributed by atoms with Crippen molar-refractivity contribution in [3.8, 4) is 16.9 Å². The highest BCUT2D eigenvalue weighted by Gasteiger charge is 2.18. The monoisotopic (exact) mass is 305 g/mol. The average Bonchev–Trinajstić information content (AvgIpc) is 2.93. The number of aromatic carboxylic acids is 1. The lowest BCUT2D eigenvalue weighted by Crippen LogP contribution is -2.02. The second kappa shape index (κ2) is 6.13. The molecule has 0 saturated carbocycles. The number of carboxylic acid groups (broad SMARTS) is 1. The molecule has 0 unspecified atom stereocenters. The van der Waals surface area contributed by atoms with Gasteiger partial charge in [0.2, 0.25) is 0 Å². The smallest absolute Gasteiger partial charge is 0.337 e. The summed E-state index contributed by atoms with van der Waals surface area (Å²) < 4.78 is 2.00. The second-order valence-corrected chi connectivity index (χ2v) is 5.56. The van der Waals surface area contributed by atoms with Gasteiger partial charge in [0, 0.05) is 11.4 Å². The van der Waals surface area contributed by atoms with Gasteiger partial charge in [0.1, 0.15) is 0 Å². The van der Waals surface area contributed by atoms with Crippen LogP contribution in [0.2, 0.25) is 0 Å². The minimum atomic E-state index is -0.899. The summed E-state index contributed by atoms with van der Waals surface area (Å²) in [5.74, 6) is -0.899. The number of carboxylic acids is 1. The van der Waals surface area contributed by atoms with Crippen molar-refractivity contribution in [2.75, 3.05) is 0 Å². The highest BCUT2D eigenvalue weighted by atomic mass is 16.4. The summed E-state index contributed by atoms with van der Waals surface area (Å²) in [6.07, 6.45) is 0.985. The molecule has 0 saturated heterocycles. The Morgan fingerprint density at radius 1 is 1.04 bits per heavy atom. The van der Waals surface area contributed by atoms with E-state index < -0.39 is 5.97 Å². The molecule has 0 fully saturated rings. The Morgan fingerprint density at radius 2 is 1.70 bits per heavy atom. The van der Waals surface area contributed by atoms with E-state index in [1.54, 1.807) is 6.07 Å². The molecule has 1 aromatic heterocycles. The molecule has 0 amide bonds. The van der Waals surface area contributed by atoms with Crippen LogP contribution in [0, 0.1) is 6.92 Å². The van der Waals surface area contributed by atoms with Crippen molar-refractivity contribution in [3.63, 3.8) is 0 Å². The van der Waals surface area contributed by atoms with Crippen LogP contribution < -0.4 is 0 Å². The van der Waals surface area contributed by atoms with Crippen LogP contribution >= 0.6 is 0 Å². The van der Waals surface area contributed by atoms with Gasteiger partial charge < -0.3 is 9.67 Å². The minimum absolute atomic E-state index is 0.337. The van der Waals surface area contributed by atoms with Crippen LogP contribution in [-0.4, -0.2) is 15.6 Å². The molecule has 23 heavy (non-hydrogen) atoms. The van der Waals surface area contributed by atoms with Gasteiger partial charge in [-0.2, -0.15) is 0 Å². The quantitative estimate of drug-likeness (QED) is 0.758. The van der Waals surface area contributed by atoms with Gasteiger partial charge in [0.15, 0.2) is 0 Å². The molecule has 3 heteroatoms. The van der Waals surface area contributed by atoms with Crippen molar-refractivity contribution >= 4 is 5.97 Å². The predicted molar refractivity (Wildman–Crippen MR) is 92.3 cm³/mol. The van der Waals surface area contributed by atoms with E-state index in [2.05, 4.69) is 31.2 Å². The van der Waals surface area contributed by atoms with E-state index in [9.17, 15) is 9.90 Å². The van der Waals surface area contributed by atoms with Gasteiger partial charge in [-0.15, -0.1) is 0 Å². The van der Waals surface area contributed by atoms with Crippen LogP contribution in [0.3, 0.4) is 0 Å². The zero-order valence-corrected chi connectivity index (χ0v) is 13.3. The van der Waals surface area contributed by atoms with Crippen molar-refractivity contribution in [3.05, 3.63) is 77.5 Å². The topological polar surface area (TPSA) is 42.2 Å². The third kappa shape index (κ3) is 2.78. The van der Waals surface area contributed by atoms with Gasteiger partial charge in [-0.1, -0.05) is 49.4 Å². The van der Waals surface area contributed by atoms with E-state index in [0.29, 0.717) is 5.56 Å². The van der Waals surface area contributed by atoms with Gasteiger partial charge >= 0.3 is 5.97 Å². The molecule has 116 valence electrons. The normalized spacial score (nSPS) is 10.7. The number of aromatic nitrogens is 1. The van der Waals surface area contributed by atoms with Gasteiger partial charge in [0.05, 0.1) is 11.3 Å². The maximum Gasteiger partial charge on any atom is 0.337 e. The third-order valence-electron chi connectivity index (χ3n) is 4.15. The van der Waals surface area contributed by atoms with Crippen LogP contribution in [0.5, 0.6) is 0 Å².